The minimum atomic E-state index is 0. The van der Waals surface area contributed by atoms with E-state index in [1.807, 2.05) is 0 Å². The van der Waals surface area contributed by atoms with Gasteiger partial charge in [-0.15, -0.1) is 0 Å². The van der Waals surface area contributed by atoms with Crippen molar-refractivity contribution in [2.24, 2.45) is 0 Å². The highest BCUT2D eigenvalue weighted by Crippen LogP contribution is 1.30. The summed E-state index contributed by atoms with van der Waals surface area (Å²) in [4.78, 5) is 4.50. The van der Waals surface area contributed by atoms with Crippen LogP contribution in [0.15, 0.2) is 0 Å². The van der Waals surface area contributed by atoms with Crippen molar-refractivity contribution < 1.29 is 0 Å². The summed E-state index contributed by atoms with van der Waals surface area (Å²) in [6.45, 7) is 0. The van der Waals surface area contributed by atoms with Crippen LogP contribution in [0.4, 0.5) is 0 Å². The second-order valence-corrected chi connectivity index (χ2v) is 0.268. The average molecular weight is 153 g/mol. The molecule has 0 aromatic heterocycles. The van der Waals surface area contributed by atoms with Gasteiger partial charge < -0.3 is 33.2 Å². The van der Waals surface area contributed by atoms with Crippen LogP contribution in [0.2, 0.25) is 0 Å². The third-order valence-corrected chi connectivity index (χ3v) is 0. The first-order chi connectivity index (χ1) is 4.24. The summed E-state index contributed by atoms with van der Waals surface area (Å²) in [7, 11) is 0. The fourth-order valence-electron chi connectivity index (χ4n) is 0. The molecule has 0 aromatic carbocycles. The number of hydrogen-bond donors (Lipinski definition) is 0. The van der Waals surface area contributed by atoms with Crippen molar-refractivity contribution in [3.63, 3.8) is 0 Å². The van der Waals surface area contributed by atoms with E-state index in [2.05, 4.69) is 0 Å². The Labute approximate surface area is 66.0 Å². The van der Waals surface area contributed by atoms with Crippen molar-refractivity contribution in [2.75, 3.05) is 0 Å². The van der Waals surface area contributed by atoms with Crippen molar-refractivity contribution in [1.82, 2.24) is 0 Å². The third-order valence-electron chi connectivity index (χ3n) is 0. The summed E-state index contributed by atoms with van der Waals surface area (Å²) in [6.07, 6.45) is 0. The van der Waals surface area contributed by atoms with Crippen molar-refractivity contribution >= 4 is 17.4 Å². The van der Waals surface area contributed by atoms with Crippen LogP contribution >= 0.6 is 0 Å². The molecule has 0 unspecified atom stereocenters. The first kappa shape index (κ1) is 23.7. The van der Waals surface area contributed by atoms with Gasteiger partial charge >= 0.3 is 0 Å². The molecule has 0 atom stereocenters. The third kappa shape index (κ3) is 81.6. The second-order valence-electron chi connectivity index (χ2n) is 0.268. The van der Waals surface area contributed by atoms with E-state index in [0.29, 0.717) is 0 Å². The van der Waals surface area contributed by atoms with Crippen molar-refractivity contribution in [3.05, 3.63) is 47.9 Å². The maximum absolute atomic E-state index is 6.75. The molecule has 0 aromatic rings. The van der Waals surface area contributed by atoms with Crippen LogP contribution in [0.25, 0.3) is 47.9 Å². The molecule has 0 bridgehead atoms. The zero-order valence-corrected chi connectivity index (χ0v) is 5.76. The summed E-state index contributed by atoms with van der Waals surface area (Å²) in [6, 6.07) is 0. The number of nitrogens with zero attached hydrogens (tertiary/aromatic N) is 9. The van der Waals surface area contributed by atoms with Crippen LogP contribution in [0.3, 0.4) is 0 Å². The largest absolute Gasteiger partial charge is 0.373 e. The van der Waals surface area contributed by atoms with Crippen molar-refractivity contribution in [2.45, 2.75) is 0 Å². The van der Waals surface area contributed by atoms with Gasteiger partial charge in [-0.1, -0.05) is 0 Å². The molecule has 51 valence electrons. The predicted molar refractivity (Wildman–Crippen MR) is 36.0 cm³/mol. The first-order valence-corrected chi connectivity index (χ1v) is 1.20. The van der Waals surface area contributed by atoms with Gasteiger partial charge in [0.1, 0.15) is 0 Å². The van der Waals surface area contributed by atoms with Gasteiger partial charge in [-0.25, -0.2) is 0 Å². The maximum atomic E-state index is 6.75. The zero-order chi connectivity index (χ0) is 8.12. The lowest BCUT2D eigenvalue weighted by atomic mass is 13.0. The minimum Gasteiger partial charge on any atom is -0.373 e. The molecule has 9 nitrogen and oxygen atoms in total. The number of rotatable bonds is 0. The summed E-state index contributed by atoms with van der Waals surface area (Å²) in [5, 5.41) is 0. The molecular formula is AlN9-3. The van der Waals surface area contributed by atoms with Gasteiger partial charge in [0.15, 0.2) is 0 Å². The normalized spacial score (nSPS) is 2.40. The van der Waals surface area contributed by atoms with Gasteiger partial charge in [-0.3, -0.25) is 14.7 Å². The van der Waals surface area contributed by atoms with Crippen LogP contribution in [0.5, 0.6) is 0 Å². The summed E-state index contributed by atoms with van der Waals surface area (Å²) in [5.41, 5.74) is 40.5. The molecule has 0 spiro atoms. The van der Waals surface area contributed by atoms with E-state index in [9.17, 15) is 0 Å². The van der Waals surface area contributed by atoms with E-state index in [1.54, 1.807) is 0 Å². The van der Waals surface area contributed by atoms with E-state index in [-0.39, 0.29) is 17.4 Å². The van der Waals surface area contributed by atoms with Crippen LogP contribution in [0, 0.1) is 0 Å². The maximum Gasteiger partial charge on any atom is 0 e. The van der Waals surface area contributed by atoms with E-state index >= 15 is 0 Å². The van der Waals surface area contributed by atoms with Crippen LogP contribution in [-0.2, 0) is 0 Å². The standard InChI is InChI=1S/Al.3N3/c;3*1-3-2/q;3*-1. The van der Waals surface area contributed by atoms with E-state index in [1.165, 1.54) is 14.7 Å². The molecule has 0 aliphatic rings. The lowest BCUT2D eigenvalue weighted by molar-refractivity contribution is 2.36. The smallest absolute Gasteiger partial charge is 0 e. The molecule has 10 heavy (non-hydrogen) atoms. The van der Waals surface area contributed by atoms with Crippen molar-refractivity contribution in [1.29, 1.82) is 0 Å². The quantitative estimate of drug-likeness (QED) is 0.214. The van der Waals surface area contributed by atoms with Gasteiger partial charge in [0, 0.05) is 17.4 Å². The molecule has 0 saturated heterocycles. The van der Waals surface area contributed by atoms with Gasteiger partial charge in [0.05, 0.1) is 0 Å². The van der Waals surface area contributed by atoms with E-state index in [0.717, 1.165) is 0 Å². The highest BCUT2D eigenvalue weighted by molar-refractivity contribution is 5.75. The van der Waals surface area contributed by atoms with Crippen molar-refractivity contribution in [3.8, 4) is 0 Å². The fourth-order valence-corrected chi connectivity index (χ4v) is 0. The highest BCUT2D eigenvalue weighted by atomic mass is 27.0. The summed E-state index contributed by atoms with van der Waals surface area (Å²) < 4.78 is 0. The molecule has 0 fully saturated rings. The fraction of sp³-hybridized carbons (Fsp3) is 0. The summed E-state index contributed by atoms with van der Waals surface area (Å²) in [5.74, 6) is 0. The van der Waals surface area contributed by atoms with Gasteiger partial charge in [0.2, 0.25) is 0 Å². The Morgan fingerprint density at radius 2 is 0.500 bits per heavy atom. The Balaban J connectivity index is -0.0000000257. The molecule has 0 saturated carbocycles. The Morgan fingerprint density at radius 3 is 0.500 bits per heavy atom. The first-order valence-electron chi connectivity index (χ1n) is 1.20. The molecule has 0 N–H and O–H groups in total. The molecular weight excluding hydrogens is 153 g/mol. The molecule has 0 heterocycles. The molecule has 10 heteroatoms. The minimum absolute atomic E-state index is 0. The zero-order valence-electron chi connectivity index (χ0n) is 4.60. The molecule has 0 rings (SSSR count). The monoisotopic (exact) mass is 153 g/mol. The Kier molecular flexibility index (Phi) is 345. The summed E-state index contributed by atoms with van der Waals surface area (Å²) >= 11 is 0. The van der Waals surface area contributed by atoms with Crippen LogP contribution < -0.4 is 0 Å². The topological polar surface area (TPSA) is 176 Å². The molecule has 0 aliphatic carbocycles. The second kappa shape index (κ2) is 146. The Morgan fingerprint density at radius 1 is 0.500 bits per heavy atom. The van der Waals surface area contributed by atoms with Gasteiger partial charge in [-0.05, 0) is 0 Å². The van der Waals surface area contributed by atoms with E-state index in [4.69, 9.17) is 33.2 Å². The Hall–Kier alpha value is -1.54. The average Bonchev–Trinajstić information content (AvgIpc) is 1.70. The molecule has 3 radical (unpaired) electrons. The highest BCUT2D eigenvalue weighted by Gasteiger charge is 0.694. The lowest BCUT2D eigenvalue weighted by Gasteiger charge is -1.32. The SMILES string of the molecule is [Al].[N-]=[N+]=[N-].[N-]=[N+]=[N-].[N-]=[N+]=[N-]. The van der Waals surface area contributed by atoms with Gasteiger partial charge in [-0.2, -0.15) is 0 Å². The van der Waals surface area contributed by atoms with Gasteiger partial charge in [0.25, 0.3) is 0 Å². The lowest BCUT2D eigenvalue weighted by Crippen LogP contribution is -0.711. The predicted octanol–water partition coefficient (Wildman–Crippen LogP) is 2.22. The Bertz CT molecular complexity index is 96.3. The van der Waals surface area contributed by atoms with E-state index < -0.39 is 0 Å². The molecule has 0 aliphatic heterocycles. The number of hydrogen-bond acceptors (Lipinski definition) is 0. The molecule has 0 amide bonds. The van der Waals surface area contributed by atoms with Crippen LogP contribution in [-0.4, -0.2) is 17.4 Å². The van der Waals surface area contributed by atoms with Crippen LogP contribution in [0.1, 0.15) is 0 Å².